The van der Waals surface area contributed by atoms with Crippen LogP contribution in [0.15, 0.2) is 42.5 Å². The maximum atomic E-state index is 11.8. The lowest BCUT2D eigenvalue weighted by molar-refractivity contribution is -0.121. The van der Waals surface area contributed by atoms with E-state index in [1.807, 2.05) is 42.5 Å². The van der Waals surface area contributed by atoms with Crippen LogP contribution in [0.5, 0.6) is 0 Å². The first-order chi connectivity index (χ1) is 9.65. The van der Waals surface area contributed by atoms with Crippen LogP contribution < -0.4 is 10.6 Å². The molecule has 4 nitrogen and oxygen atoms in total. The molecule has 0 saturated carbocycles. The molecule has 20 heavy (non-hydrogen) atoms. The van der Waals surface area contributed by atoms with Crippen molar-refractivity contribution < 1.29 is 9.59 Å². The number of carbonyl (C=O) groups is 2. The summed E-state index contributed by atoms with van der Waals surface area (Å²) in [5, 5.41) is 7.72. The van der Waals surface area contributed by atoms with Crippen molar-refractivity contribution >= 4 is 22.6 Å². The van der Waals surface area contributed by atoms with Crippen LogP contribution in [-0.4, -0.2) is 24.9 Å². The van der Waals surface area contributed by atoms with Crippen molar-refractivity contribution in [3.63, 3.8) is 0 Å². The Hall–Kier alpha value is -2.36. The lowest BCUT2D eigenvalue weighted by atomic mass is 10.1. The van der Waals surface area contributed by atoms with E-state index in [1.54, 1.807) is 0 Å². The molecule has 0 spiro atoms. The Kier molecular flexibility index (Phi) is 4.71. The predicted molar refractivity (Wildman–Crippen MR) is 79.3 cm³/mol. The molecule has 0 radical (unpaired) electrons. The van der Waals surface area contributed by atoms with Gasteiger partial charge in [-0.1, -0.05) is 42.5 Å². The SMILES string of the molecule is CC(=O)NCCNC(=O)Cc1ccc2ccccc2c1. The molecule has 0 aliphatic heterocycles. The van der Waals surface area contributed by atoms with E-state index < -0.39 is 0 Å². The van der Waals surface area contributed by atoms with Gasteiger partial charge >= 0.3 is 0 Å². The maximum Gasteiger partial charge on any atom is 0.224 e. The normalized spacial score (nSPS) is 10.2. The van der Waals surface area contributed by atoms with Crippen LogP contribution in [0.2, 0.25) is 0 Å². The second-order valence-electron chi connectivity index (χ2n) is 4.69. The van der Waals surface area contributed by atoms with E-state index in [-0.39, 0.29) is 11.8 Å². The van der Waals surface area contributed by atoms with Crippen molar-refractivity contribution in [3.8, 4) is 0 Å². The van der Waals surface area contributed by atoms with Gasteiger partial charge in [0.15, 0.2) is 0 Å². The topological polar surface area (TPSA) is 58.2 Å². The smallest absolute Gasteiger partial charge is 0.224 e. The van der Waals surface area contributed by atoms with Gasteiger partial charge in [0, 0.05) is 20.0 Å². The standard InChI is InChI=1S/C16H18N2O2/c1-12(19)17-8-9-18-16(20)11-13-6-7-14-4-2-3-5-15(14)10-13/h2-7,10H,8-9,11H2,1H3,(H,17,19)(H,18,20). The zero-order valence-corrected chi connectivity index (χ0v) is 11.5. The highest BCUT2D eigenvalue weighted by Crippen LogP contribution is 2.15. The van der Waals surface area contributed by atoms with Crippen molar-refractivity contribution in [2.24, 2.45) is 0 Å². The Morgan fingerprint density at radius 3 is 2.40 bits per heavy atom. The second-order valence-corrected chi connectivity index (χ2v) is 4.69. The molecule has 2 aromatic carbocycles. The van der Waals surface area contributed by atoms with Crippen molar-refractivity contribution in [1.82, 2.24) is 10.6 Å². The molecular weight excluding hydrogens is 252 g/mol. The first-order valence-corrected chi connectivity index (χ1v) is 6.64. The fourth-order valence-electron chi connectivity index (χ4n) is 2.04. The Bertz CT molecular complexity index is 623. The van der Waals surface area contributed by atoms with E-state index in [1.165, 1.54) is 12.3 Å². The van der Waals surface area contributed by atoms with Gasteiger partial charge in [-0.2, -0.15) is 0 Å². The van der Waals surface area contributed by atoms with Crippen LogP contribution in [0, 0.1) is 0 Å². The Labute approximate surface area is 118 Å². The van der Waals surface area contributed by atoms with Crippen molar-refractivity contribution in [2.45, 2.75) is 13.3 Å². The van der Waals surface area contributed by atoms with E-state index in [9.17, 15) is 9.59 Å². The number of carbonyl (C=O) groups excluding carboxylic acids is 2. The summed E-state index contributed by atoms with van der Waals surface area (Å²) < 4.78 is 0. The Balaban J connectivity index is 1.88. The summed E-state index contributed by atoms with van der Waals surface area (Å²) in [4.78, 5) is 22.4. The van der Waals surface area contributed by atoms with Crippen molar-refractivity contribution in [1.29, 1.82) is 0 Å². The summed E-state index contributed by atoms with van der Waals surface area (Å²) in [7, 11) is 0. The molecule has 0 aliphatic rings. The van der Waals surface area contributed by atoms with Crippen molar-refractivity contribution in [2.75, 3.05) is 13.1 Å². The highest BCUT2D eigenvalue weighted by atomic mass is 16.2. The second kappa shape index (κ2) is 6.70. The molecule has 0 atom stereocenters. The number of nitrogens with one attached hydrogen (secondary N) is 2. The summed E-state index contributed by atoms with van der Waals surface area (Å²) in [6, 6.07) is 14.1. The van der Waals surface area contributed by atoms with Gasteiger partial charge in [0.05, 0.1) is 6.42 Å². The third-order valence-corrected chi connectivity index (χ3v) is 3.00. The quantitative estimate of drug-likeness (QED) is 0.811. The van der Waals surface area contributed by atoms with Gasteiger partial charge in [-0.3, -0.25) is 9.59 Å². The third kappa shape index (κ3) is 4.09. The van der Waals surface area contributed by atoms with Gasteiger partial charge in [-0.05, 0) is 16.3 Å². The van der Waals surface area contributed by atoms with E-state index in [0.717, 1.165) is 10.9 Å². The Morgan fingerprint density at radius 1 is 0.950 bits per heavy atom. The van der Waals surface area contributed by atoms with Gasteiger partial charge < -0.3 is 10.6 Å². The first-order valence-electron chi connectivity index (χ1n) is 6.64. The summed E-state index contributed by atoms with van der Waals surface area (Å²) in [6.45, 7) is 2.36. The summed E-state index contributed by atoms with van der Waals surface area (Å²) in [5.41, 5.74) is 0.987. The number of hydrogen-bond donors (Lipinski definition) is 2. The van der Waals surface area contributed by atoms with E-state index >= 15 is 0 Å². The lowest BCUT2D eigenvalue weighted by Crippen LogP contribution is -2.34. The number of rotatable bonds is 5. The number of amides is 2. The highest BCUT2D eigenvalue weighted by Gasteiger charge is 2.03. The van der Waals surface area contributed by atoms with E-state index in [2.05, 4.69) is 10.6 Å². The number of benzene rings is 2. The van der Waals surface area contributed by atoms with Gasteiger partial charge in [-0.15, -0.1) is 0 Å². The Morgan fingerprint density at radius 2 is 1.65 bits per heavy atom. The fourth-order valence-corrected chi connectivity index (χ4v) is 2.04. The molecule has 0 unspecified atom stereocenters. The summed E-state index contributed by atoms with van der Waals surface area (Å²) in [5.74, 6) is -0.126. The molecule has 0 saturated heterocycles. The molecule has 0 heterocycles. The molecule has 0 aromatic heterocycles. The first kappa shape index (κ1) is 14.1. The zero-order chi connectivity index (χ0) is 14.4. The average Bonchev–Trinajstić information content (AvgIpc) is 2.43. The number of hydrogen-bond acceptors (Lipinski definition) is 2. The van der Waals surface area contributed by atoms with E-state index in [0.29, 0.717) is 19.5 Å². The number of fused-ring (bicyclic) bond motifs is 1. The molecule has 4 heteroatoms. The molecule has 0 bridgehead atoms. The molecule has 104 valence electrons. The summed E-state index contributed by atoms with van der Waals surface area (Å²) in [6.07, 6.45) is 0.352. The predicted octanol–water partition coefficient (Wildman–Crippen LogP) is 1.63. The molecule has 2 rings (SSSR count). The van der Waals surface area contributed by atoms with Crippen LogP contribution in [0.1, 0.15) is 12.5 Å². The van der Waals surface area contributed by atoms with Crippen LogP contribution in [0.4, 0.5) is 0 Å². The van der Waals surface area contributed by atoms with Crippen molar-refractivity contribution in [3.05, 3.63) is 48.0 Å². The average molecular weight is 270 g/mol. The maximum absolute atomic E-state index is 11.8. The van der Waals surface area contributed by atoms with Crippen LogP contribution in [0.25, 0.3) is 10.8 Å². The molecule has 0 aliphatic carbocycles. The van der Waals surface area contributed by atoms with E-state index in [4.69, 9.17) is 0 Å². The van der Waals surface area contributed by atoms with Gasteiger partial charge in [0.2, 0.25) is 11.8 Å². The summed E-state index contributed by atoms with van der Waals surface area (Å²) >= 11 is 0. The van der Waals surface area contributed by atoms with Crippen LogP contribution in [-0.2, 0) is 16.0 Å². The fraction of sp³-hybridized carbons (Fsp3) is 0.250. The highest BCUT2D eigenvalue weighted by molar-refractivity contribution is 5.85. The van der Waals surface area contributed by atoms with Crippen LogP contribution in [0.3, 0.4) is 0 Å². The minimum atomic E-state index is -0.0891. The van der Waals surface area contributed by atoms with Gasteiger partial charge in [-0.25, -0.2) is 0 Å². The molecule has 2 aromatic rings. The molecule has 2 N–H and O–H groups in total. The van der Waals surface area contributed by atoms with Gasteiger partial charge in [0.1, 0.15) is 0 Å². The third-order valence-electron chi connectivity index (χ3n) is 3.00. The molecular formula is C16H18N2O2. The van der Waals surface area contributed by atoms with Crippen LogP contribution >= 0.6 is 0 Å². The molecule has 2 amide bonds. The minimum absolute atomic E-state index is 0.0365. The monoisotopic (exact) mass is 270 g/mol. The zero-order valence-electron chi connectivity index (χ0n) is 11.5. The minimum Gasteiger partial charge on any atom is -0.355 e. The van der Waals surface area contributed by atoms with Gasteiger partial charge in [0.25, 0.3) is 0 Å². The molecule has 0 fully saturated rings. The largest absolute Gasteiger partial charge is 0.355 e. The lowest BCUT2D eigenvalue weighted by Gasteiger charge is -2.06.